The number of carbonyl (C=O) groups excluding carboxylic acids is 1. The average molecular weight is 397 g/mol. The number of para-hydroxylation sites is 2. The molecule has 0 amide bonds. The predicted molar refractivity (Wildman–Crippen MR) is 110 cm³/mol. The van der Waals surface area contributed by atoms with Crippen LogP contribution in [0.15, 0.2) is 42.5 Å². The smallest absolute Gasteiger partial charge is 0.338 e. The largest absolute Gasteiger partial charge is 0.495 e. The topological polar surface area (TPSA) is 57.2 Å². The van der Waals surface area contributed by atoms with Gasteiger partial charge in [0, 0.05) is 24.9 Å². The molecule has 2 aliphatic rings. The van der Waals surface area contributed by atoms with Crippen LogP contribution in [0.5, 0.6) is 17.2 Å². The highest BCUT2D eigenvalue weighted by molar-refractivity contribution is 5.90. The summed E-state index contributed by atoms with van der Waals surface area (Å²) in [6.45, 7) is 0. The third-order valence-electron chi connectivity index (χ3n) is 5.95. The molecule has 154 valence electrons. The Balaban J connectivity index is 1.46. The molecule has 0 spiro atoms. The first-order chi connectivity index (χ1) is 14.1. The van der Waals surface area contributed by atoms with Crippen molar-refractivity contribution in [2.24, 2.45) is 0 Å². The number of hydrogen-bond acceptors (Lipinski definition) is 6. The molecule has 0 aromatic heterocycles. The molecule has 6 nitrogen and oxygen atoms in total. The van der Waals surface area contributed by atoms with Crippen molar-refractivity contribution >= 4 is 11.7 Å². The number of nitrogens with zero attached hydrogens (tertiary/aromatic N) is 1. The molecular weight excluding hydrogens is 370 g/mol. The molecule has 29 heavy (non-hydrogen) atoms. The number of benzene rings is 2. The van der Waals surface area contributed by atoms with Crippen LogP contribution < -0.4 is 19.1 Å². The third kappa shape index (κ3) is 3.71. The van der Waals surface area contributed by atoms with Gasteiger partial charge in [-0.1, -0.05) is 12.1 Å². The lowest BCUT2D eigenvalue weighted by Crippen LogP contribution is -2.46. The molecule has 6 heteroatoms. The molecule has 2 bridgehead atoms. The summed E-state index contributed by atoms with van der Waals surface area (Å²) in [5, 5.41) is 0. The molecule has 2 unspecified atom stereocenters. The molecule has 2 aromatic rings. The minimum Gasteiger partial charge on any atom is -0.495 e. The summed E-state index contributed by atoms with van der Waals surface area (Å²) in [5.74, 6) is 1.69. The number of piperidine rings is 1. The SMILES string of the molecule is COc1ccc(C(=O)OC2CC3CC[C@H](C2)N3c2ccccc2OC)cc1OC. The van der Waals surface area contributed by atoms with Crippen LogP contribution in [0.2, 0.25) is 0 Å². The van der Waals surface area contributed by atoms with Gasteiger partial charge in [0.1, 0.15) is 11.9 Å². The van der Waals surface area contributed by atoms with E-state index < -0.39 is 0 Å². The number of anilines is 1. The quantitative estimate of drug-likeness (QED) is 0.685. The Labute approximate surface area is 171 Å². The van der Waals surface area contributed by atoms with Crippen molar-refractivity contribution in [2.75, 3.05) is 26.2 Å². The van der Waals surface area contributed by atoms with Crippen LogP contribution >= 0.6 is 0 Å². The number of fused-ring (bicyclic) bond motifs is 2. The maximum atomic E-state index is 12.7. The van der Waals surface area contributed by atoms with Crippen LogP contribution in [0.25, 0.3) is 0 Å². The van der Waals surface area contributed by atoms with Crippen LogP contribution in [-0.2, 0) is 4.74 Å². The van der Waals surface area contributed by atoms with Gasteiger partial charge in [-0.15, -0.1) is 0 Å². The average Bonchev–Trinajstić information content (AvgIpc) is 3.02. The first kappa shape index (κ1) is 19.4. The van der Waals surface area contributed by atoms with Crippen LogP contribution in [0.3, 0.4) is 0 Å². The van der Waals surface area contributed by atoms with Crippen molar-refractivity contribution in [3.05, 3.63) is 48.0 Å². The van der Waals surface area contributed by atoms with E-state index in [0.29, 0.717) is 29.1 Å². The Morgan fingerprint density at radius 3 is 2.17 bits per heavy atom. The van der Waals surface area contributed by atoms with Gasteiger partial charge in [-0.25, -0.2) is 4.79 Å². The number of hydrogen-bond donors (Lipinski definition) is 0. The van der Waals surface area contributed by atoms with E-state index in [0.717, 1.165) is 37.1 Å². The highest BCUT2D eigenvalue weighted by Crippen LogP contribution is 2.43. The zero-order valence-corrected chi connectivity index (χ0v) is 17.1. The van der Waals surface area contributed by atoms with E-state index in [4.69, 9.17) is 18.9 Å². The van der Waals surface area contributed by atoms with Crippen LogP contribution in [-0.4, -0.2) is 45.5 Å². The van der Waals surface area contributed by atoms with Crippen molar-refractivity contribution in [1.82, 2.24) is 0 Å². The van der Waals surface area contributed by atoms with E-state index in [1.165, 1.54) is 0 Å². The molecule has 0 radical (unpaired) electrons. The third-order valence-corrected chi connectivity index (χ3v) is 5.95. The van der Waals surface area contributed by atoms with Gasteiger partial charge < -0.3 is 23.8 Å². The molecule has 2 fully saturated rings. The predicted octanol–water partition coefficient (Wildman–Crippen LogP) is 4.07. The molecule has 0 saturated carbocycles. The van der Waals surface area contributed by atoms with Gasteiger partial charge in [0.25, 0.3) is 0 Å². The van der Waals surface area contributed by atoms with Crippen molar-refractivity contribution in [1.29, 1.82) is 0 Å². The van der Waals surface area contributed by atoms with Gasteiger partial charge in [0.05, 0.1) is 32.6 Å². The van der Waals surface area contributed by atoms with E-state index >= 15 is 0 Å². The van der Waals surface area contributed by atoms with Crippen molar-refractivity contribution < 1.29 is 23.7 Å². The number of esters is 1. The Hall–Kier alpha value is -2.89. The Bertz CT molecular complexity index is 869. The highest BCUT2D eigenvalue weighted by Gasteiger charge is 2.43. The molecule has 0 aliphatic carbocycles. The summed E-state index contributed by atoms with van der Waals surface area (Å²) in [5.41, 5.74) is 1.61. The van der Waals surface area contributed by atoms with E-state index in [1.54, 1.807) is 39.5 Å². The van der Waals surface area contributed by atoms with E-state index in [2.05, 4.69) is 11.0 Å². The van der Waals surface area contributed by atoms with E-state index in [-0.39, 0.29) is 12.1 Å². The minimum atomic E-state index is -0.318. The Kier molecular flexibility index (Phi) is 5.51. The summed E-state index contributed by atoms with van der Waals surface area (Å²) in [6.07, 6.45) is 3.78. The normalized spacial score (nSPS) is 22.9. The number of ether oxygens (including phenoxy) is 4. The zero-order chi connectivity index (χ0) is 20.4. The maximum absolute atomic E-state index is 12.7. The van der Waals surface area contributed by atoms with E-state index in [1.807, 2.05) is 18.2 Å². The van der Waals surface area contributed by atoms with Gasteiger partial charge in [0.2, 0.25) is 0 Å². The lowest BCUT2D eigenvalue weighted by atomic mass is 9.98. The van der Waals surface area contributed by atoms with Crippen LogP contribution in [0.1, 0.15) is 36.0 Å². The lowest BCUT2D eigenvalue weighted by Gasteiger charge is -2.40. The molecule has 3 atom stereocenters. The Morgan fingerprint density at radius 2 is 1.52 bits per heavy atom. The molecule has 2 aliphatic heterocycles. The molecule has 2 heterocycles. The van der Waals surface area contributed by atoms with Crippen LogP contribution in [0, 0.1) is 0 Å². The molecule has 0 N–H and O–H groups in total. The Morgan fingerprint density at radius 1 is 0.862 bits per heavy atom. The lowest BCUT2D eigenvalue weighted by molar-refractivity contribution is 0.0203. The maximum Gasteiger partial charge on any atom is 0.338 e. The fourth-order valence-corrected chi connectivity index (χ4v) is 4.64. The van der Waals surface area contributed by atoms with Gasteiger partial charge in [-0.2, -0.15) is 0 Å². The molecular formula is C23H27NO5. The summed E-state index contributed by atoms with van der Waals surface area (Å²) in [7, 11) is 4.83. The fourth-order valence-electron chi connectivity index (χ4n) is 4.64. The van der Waals surface area contributed by atoms with Gasteiger partial charge in [-0.05, 0) is 43.2 Å². The second-order valence-corrected chi connectivity index (χ2v) is 7.53. The van der Waals surface area contributed by atoms with Gasteiger partial charge in [-0.3, -0.25) is 0 Å². The highest BCUT2D eigenvalue weighted by atomic mass is 16.5. The molecule has 2 saturated heterocycles. The first-order valence-electron chi connectivity index (χ1n) is 9.99. The number of rotatable bonds is 6. The number of methoxy groups -OCH3 is 3. The van der Waals surface area contributed by atoms with Gasteiger partial charge in [0.15, 0.2) is 11.5 Å². The molecule has 4 rings (SSSR count). The summed E-state index contributed by atoms with van der Waals surface area (Å²) >= 11 is 0. The summed E-state index contributed by atoms with van der Waals surface area (Å²) < 4.78 is 22.0. The van der Waals surface area contributed by atoms with Gasteiger partial charge >= 0.3 is 5.97 Å². The fraction of sp³-hybridized carbons (Fsp3) is 0.435. The summed E-state index contributed by atoms with van der Waals surface area (Å²) in [6, 6.07) is 14.0. The van der Waals surface area contributed by atoms with Crippen LogP contribution in [0.4, 0.5) is 5.69 Å². The summed E-state index contributed by atoms with van der Waals surface area (Å²) in [4.78, 5) is 15.2. The van der Waals surface area contributed by atoms with Crippen molar-refractivity contribution in [3.8, 4) is 17.2 Å². The number of carbonyl (C=O) groups is 1. The van der Waals surface area contributed by atoms with Crippen molar-refractivity contribution in [2.45, 2.75) is 43.9 Å². The van der Waals surface area contributed by atoms with Crippen molar-refractivity contribution in [3.63, 3.8) is 0 Å². The first-order valence-corrected chi connectivity index (χ1v) is 9.99. The monoisotopic (exact) mass is 397 g/mol. The standard InChI is InChI=1S/C23H27NO5/c1-26-20-7-5-4-6-19(20)24-16-9-10-17(24)14-18(13-16)29-23(25)15-8-11-21(27-2)22(12-15)28-3/h4-8,11-12,16-18H,9-10,13-14H2,1-3H3/t16-,17?,18?/m1/s1. The second-order valence-electron chi connectivity index (χ2n) is 7.53. The van der Waals surface area contributed by atoms with E-state index in [9.17, 15) is 4.79 Å². The second kappa shape index (κ2) is 8.23. The minimum absolute atomic E-state index is 0.0842. The molecule has 2 aromatic carbocycles. The zero-order valence-electron chi connectivity index (χ0n) is 17.1.